The Kier molecular flexibility index (Phi) is 5.40. The minimum Gasteiger partial charge on any atom is -0.338 e. The molecule has 1 saturated heterocycles. The second kappa shape index (κ2) is 7.73. The molecule has 1 fully saturated rings. The molecule has 0 aromatic heterocycles. The Hall–Kier alpha value is -2.62. The highest BCUT2D eigenvalue weighted by atomic mass is 16.2. The van der Waals surface area contributed by atoms with Gasteiger partial charge in [-0.15, -0.1) is 0 Å². The molecule has 1 unspecified atom stereocenters. The van der Waals surface area contributed by atoms with Crippen LogP contribution in [0.5, 0.6) is 0 Å². The number of hydrogen-bond acceptors (Lipinski definition) is 2. The summed E-state index contributed by atoms with van der Waals surface area (Å²) in [6.45, 7) is 7.22. The van der Waals surface area contributed by atoms with Crippen molar-refractivity contribution in [2.75, 3.05) is 18.4 Å². The van der Waals surface area contributed by atoms with Crippen LogP contribution >= 0.6 is 0 Å². The van der Waals surface area contributed by atoms with Crippen molar-refractivity contribution < 1.29 is 9.59 Å². The van der Waals surface area contributed by atoms with E-state index in [1.807, 2.05) is 57.2 Å². The van der Waals surface area contributed by atoms with E-state index in [1.54, 1.807) is 4.90 Å². The first-order valence-corrected chi connectivity index (χ1v) is 9.18. The number of anilines is 1. The van der Waals surface area contributed by atoms with Crippen LogP contribution in [0.15, 0.2) is 42.5 Å². The van der Waals surface area contributed by atoms with Crippen LogP contribution in [0.3, 0.4) is 0 Å². The van der Waals surface area contributed by atoms with Gasteiger partial charge in [0.15, 0.2) is 0 Å². The first-order valence-electron chi connectivity index (χ1n) is 9.18. The molecule has 0 radical (unpaired) electrons. The second-order valence-electron chi connectivity index (χ2n) is 7.26. The van der Waals surface area contributed by atoms with Gasteiger partial charge in [0.1, 0.15) is 0 Å². The molecule has 0 saturated carbocycles. The molecule has 1 aliphatic rings. The van der Waals surface area contributed by atoms with Gasteiger partial charge in [0.25, 0.3) is 5.91 Å². The predicted molar refractivity (Wildman–Crippen MR) is 104 cm³/mol. The van der Waals surface area contributed by atoms with E-state index in [0.717, 1.165) is 29.7 Å². The van der Waals surface area contributed by atoms with Gasteiger partial charge in [-0.3, -0.25) is 9.59 Å². The van der Waals surface area contributed by atoms with Crippen LogP contribution in [-0.4, -0.2) is 29.8 Å². The molecule has 2 aromatic carbocycles. The van der Waals surface area contributed by atoms with Crippen LogP contribution in [0, 0.1) is 26.7 Å². The van der Waals surface area contributed by atoms with Crippen LogP contribution in [0.2, 0.25) is 0 Å². The number of benzene rings is 2. The second-order valence-corrected chi connectivity index (χ2v) is 7.26. The Balaban J connectivity index is 1.66. The molecule has 2 amide bonds. The van der Waals surface area contributed by atoms with E-state index in [4.69, 9.17) is 0 Å². The monoisotopic (exact) mass is 350 g/mol. The number of likely N-dealkylation sites (tertiary alicyclic amines) is 1. The van der Waals surface area contributed by atoms with E-state index in [1.165, 1.54) is 5.56 Å². The van der Waals surface area contributed by atoms with E-state index >= 15 is 0 Å². The molecule has 136 valence electrons. The maximum absolute atomic E-state index is 12.7. The van der Waals surface area contributed by atoms with Gasteiger partial charge in [0.05, 0.1) is 5.92 Å². The summed E-state index contributed by atoms with van der Waals surface area (Å²) in [4.78, 5) is 27.2. The van der Waals surface area contributed by atoms with Gasteiger partial charge in [-0.25, -0.2) is 0 Å². The zero-order chi connectivity index (χ0) is 18.7. The number of hydrogen-bond donors (Lipinski definition) is 1. The fraction of sp³-hybridized carbons (Fsp3) is 0.364. The summed E-state index contributed by atoms with van der Waals surface area (Å²) in [7, 11) is 0. The lowest BCUT2D eigenvalue weighted by Gasteiger charge is -2.32. The van der Waals surface area contributed by atoms with Crippen LogP contribution in [-0.2, 0) is 4.79 Å². The summed E-state index contributed by atoms with van der Waals surface area (Å²) < 4.78 is 0. The Labute approximate surface area is 155 Å². The number of nitrogens with one attached hydrogen (secondary N) is 1. The number of carbonyl (C=O) groups excluding carboxylic acids is 2. The Morgan fingerprint density at radius 3 is 2.38 bits per heavy atom. The highest BCUT2D eigenvalue weighted by Gasteiger charge is 2.29. The maximum Gasteiger partial charge on any atom is 0.253 e. The maximum atomic E-state index is 12.7. The Morgan fingerprint density at radius 2 is 1.69 bits per heavy atom. The lowest BCUT2D eigenvalue weighted by molar-refractivity contribution is -0.121. The highest BCUT2D eigenvalue weighted by molar-refractivity contribution is 5.96. The molecular weight excluding hydrogens is 324 g/mol. The smallest absolute Gasteiger partial charge is 0.253 e. The molecule has 1 N–H and O–H groups in total. The predicted octanol–water partition coefficient (Wildman–Crippen LogP) is 4.10. The van der Waals surface area contributed by atoms with Crippen molar-refractivity contribution >= 4 is 17.5 Å². The normalized spacial score (nSPS) is 17.0. The molecule has 4 heteroatoms. The van der Waals surface area contributed by atoms with Crippen molar-refractivity contribution in [3.05, 3.63) is 64.7 Å². The fourth-order valence-electron chi connectivity index (χ4n) is 3.44. The van der Waals surface area contributed by atoms with Gasteiger partial charge in [0.2, 0.25) is 5.91 Å². The van der Waals surface area contributed by atoms with Crippen molar-refractivity contribution in [2.24, 2.45) is 5.92 Å². The number of aryl methyl sites for hydroxylation is 3. The number of nitrogens with zero attached hydrogens (tertiary/aromatic N) is 1. The first-order chi connectivity index (χ1) is 12.4. The molecule has 4 nitrogen and oxygen atoms in total. The van der Waals surface area contributed by atoms with Crippen LogP contribution < -0.4 is 5.32 Å². The van der Waals surface area contributed by atoms with Crippen molar-refractivity contribution in [1.82, 2.24) is 4.90 Å². The SMILES string of the molecule is Cc1ccc(C(=O)N2CCCC(C(=O)Nc3ccc(C)cc3C)C2)cc1. The third-order valence-electron chi connectivity index (χ3n) is 5.02. The standard InChI is InChI=1S/C22H26N2O2/c1-15-6-9-18(10-7-15)22(26)24-12-4-5-19(14-24)21(25)23-20-11-8-16(2)13-17(20)3/h6-11,13,19H,4-5,12,14H2,1-3H3,(H,23,25). The zero-order valence-corrected chi connectivity index (χ0v) is 15.7. The minimum absolute atomic E-state index is 0.00152. The number of piperidine rings is 1. The van der Waals surface area contributed by atoms with Gasteiger partial charge in [-0.2, -0.15) is 0 Å². The van der Waals surface area contributed by atoms with Crippen LogP contribution in [0.25, 0.3) is 0 Å². The topological polar surface area (TPSA) is 49.4 Å². The number of rotatable bonds is 3. The van der Waals surface area contributed by atoms with Crippen molar-refractivity contribution in [1.29, 1.82) is 0 Å². The van der Waals surface area contributed by atoms with Gasteiger partial charge in [0, 0.05) is 24.3 Å². The van der Waals surface area contributed by atoms with E-state index in [9.17, 15) is 9.59 Å². The molecule has 1 heterocycles. The Bertz CT molecular complexity index is 811. The number of amides is 2. The van der Waals surface area contributed by atoms with E-state index < -0.39 is 0 Å². The summed E-state index contributed by atoms with van der Waals surface area (Å²) >= 11 is 0. The lowest BCUT2D eigenvalue weighted by atomic mass is 9.96. The van der Waals surface area contributed by atoms with Crippen molar-refractivity contribution in [3.8, 4) is 0 Å². The summed E-state index contributed by atoms with van der Waals surface area (Å²) in [6.07, 6.45) is 1.66. The highest BCUT2D eigenvalue weighted by Crippen LogP contribution is 2.22. The van der Waals surface area contributed by atoms with E-state index in [0.29, 0.717) is 18.7 Å². The van der Waals surface area contributed by atoms with Crippen molar-refractivity contribution in [2.45, 2.75) is 33.6 Å². The van der Waals surface area contributed by atoms with Crippen LogP contribution in [0.4, 0.5) is 5.69 Å². The summed E-state index contributed by atoms with van der Waals surface area (Å²) in [5.74, 6) is -0.161. The average Bonchev–Trinajstić information content (AvgIpc) is 2.64. The van der Waals surface area contributed by atoms with Gasteiger partial charge < -0.3 is 10.2 Å². The summed E-state index contributed by atoms with van der Waals surface area (Å²) in [5.41, 5.74) is 4.90. The summed E-state index contributed by atoms with van der Waals surface area (Å²) in [6, 6.07) is 13.6. The largest absolute Gasteiger partial charge is 0.338 e. The van der Waals surface area contributed by atoms with Crippen molar-refractivity contribution in [3.63, 3.8) is 0 Å². The number of carbonyl (C=O) groups is 2. The molecule has 2 aromatic rings. The van der Waals surface area contributed by atoms with Crippen LogP contribution in [0.1, 0.15) is 39.9 Å². The summed E-state index contributed by atoms with van der Waals surface area (Å²) in [5, 5.41) is 3.04. The zero-order valence-electron chi connectivity index (χ0n) is 15.7. The molecule has 3 rings (SSSR count). The van der Waals surface area contributed by atoms with Gasteiger partial charge >= 0.3 is 0 Å². The lowest BCUT2D eigenvalue weighted by Crippen LogP contribution is -2.43. The third-order valence-corrected chi connectivity index (χ3v) is 5.02. The molecule has 1 aliphatic heterocycles. The minimum atomic E-state index is -0.168. The van der Waals surface area contributed by atoms with Gasteiger partial charge in [-0.1, -0.05) is 35.4 Å². The molecule has 0 aliphatic carbocycles. The quantitative estimate of drug-likeness (QED) is 0.906. The molecule has 0 spiro atoms. The molecule has 1 atom stereocenters. The van der Waals surface area contributed by atoms with E-state index in [2.05, 4.69) is 11.4 Å². The fourth-order valence-corrected chi connectivity index (χ4v) is 3.44. The average molecular weight is 350 g/mol. The van der Waals surface area contributed by atoms with Gasteiger partial charge in [-0.05, 0) is 57.4 Å². The molecular formula is C22H26N2O2. The molecule has 26 heavy (non-hydrogen) atoms. The Morgan fingerprint density at radius 1 is 1.00 bits per heavy atom. The van der Waals surface area contributed by atoms with E-state index in [-0.39, 0.29) is 17.7 Å². The third kappa shape index (κ3) is 4.13. The first kappa shape index (κ1) is 18.2. The molecule has 0 bridgehead atoms.